The summed E-state index contributed by atoms with van der Waals surface area (Å²) < 4.78 is 5.05. The van der Waals surface area contributed by atoms with Crippen LogP contribution in [0.4, 0.5) is 0 Å². The number of furan rings is 1. The number of nitrogens with two attached hydrogens (primary N) is 1. The monoisotopic (exact) mass is 258 g/mol. The van der Waals surface area contributed by atoms with Crippen LogP contribution in [-0.2, 0) is 0 Å². The summed E-state index contributed by atoms with van der Waals surface area (Å²) in [4.78, 5) is 11.9. The third-order valence-corrected chi connectivity index (χ3v) is 2.72. The van der Waals surface area contributed by atoms with Gasteiger partial charge >= 0.3 is 0 Å². The number of carbonyl (C=O) groups is 1. The molecule has 1 aromatic rings. The zero-order chi connectivity index (χ0) is 13.1. The minimum atomic E-state index is -0.426. The smallest absolute Gasteiger partial charge is 0.287 e. The van der Waals surface area contributed by atoms with Crippen molar-refractivity contribution in [3.63, 3.8) is 0 Å². The quantitative estimate of drug-likeness (QED) is 0.852. The molecule has 5 heteroatoms. The van der Waals surface area contributed by atoms with Crippen LogP contribution in [0, 0.1) is 5.92 Å². The SMILES string of the molecule is CC(C)CC(C)(CN)NC(=O)c1ccc(Cl)o1. The van der Waals surface area contributed by atoms with Gasteiger partial charge in [0.05, 0.1) is 5.54 Å². The number of carbonyl (C=O) groups excluding carboxylic acids is 1. The summed E-state index contributed by atoms with van der Waals surface area (Å²) in [6.45, 7) is 6.48. The molecule has 0 bridgehead atoms. The molecule has 0 saturated carbocycles. The lowest BCUT2D eigenvalue weighted by atomic mass is 9.90. The summed E-state index contributed by atoms with van der Waals surface area (Å²) in [7, 11) is 0. The second-order valence-electron chi connectivity index (χ2n) is 4.92. The Bertz CT molecular complexity index is 390. The van der Waals surface area contributed by atoms with Crippen molar-refractivity contribution in [2.45, 2.75) is 32.7 Å². The van der Waals surface area contributed by atoms with Crippen molar-refractivity contribution in [1.82, 2.24) is 5.32 Å². The minimum absolute atomic E-state index is 0.202. The molecule has 0 radical (unpaired) electrons. The van der Waals surface area contributed by atoms with Crippen LogP contribution >= 0.6 is 11.6 Å². The lowest BCUT2D eigenvalue weighted by molar-refractivity contribution is 0.0869. The van der Waals surface area contributed by atoms with Gasteiger partial charge in [0.25, 0.3) is 5.91 Å². The van der Waals surface area contributed by atoms with Crippen LogP contribution in [0.5, 0.6) is 0 Å². The number of hydrogen-bond acceptors (Lipinski definition) is 3. The topological polar surface area (TPSA) is 68.3 Å². The summed E-state index contributed by atoms with van der Waals surface area (Å²) >= 11 is 5.62. The van der Waals surface area contributed by atoms with Crippen LogP contribution < -0.4 is 11.1 Å². The molecular weight excluding hydrogens is 240 g/mol. The fourth-order valence-corrected chi connectivity index (χ4v) is 2.00. The summed E-state index contributed by atoms with van der Waals surface area (Å²) in [6, 6.07) is 3.09. The average Bonchev–Trinajstić information content (AvgIpc) is 2.63. The maximum absolute atomic E-state index is 11.9. The van der Waals surface area contributed by atoms with Crippen LogP contribution in [0.3, 0.4) is 0 Å². The Kier molecular flexibility index (Phi) is 4.60. The van der Waals surface area contributed by atoms with Crippen LogP contribution in [-0.4, -0.2) is 18.0 Å². The molecule has 0 saturated heterocycles. The van der Waals surface area contributed by atoms with Gasteiger partial charge in [-0.2, -0.15) is 0 Å². The Labute approximate surface area is 106 Å². The predicted octanol–water partition coefficient (Wildman–Crippen LogP) is 2.43. The molecule has 1 atom stereocenters. The molecule has 0 spiro atoms. The highest BCUT2D eigenvalue weighted by Crippen LogP contribution is 2.18. The number of rotatable bonds is 5. The normalized spacial score (nSPS) is 14.7. The van der Waals surface area contributed by atoms with Crippen molar-refractivity contribution in [2.75, 3.05) is 6.54 Å². The zero-order valence-electron chi connectivity index (χ0n) is 10.4. The Morgan fingerprint density at radius 1 is 1.59 bits per heavy atom. The molecule has 4 nitrogen and oxygen atoms in total. The standard InChI is InChI=1S/C12H19ClN2O2/c1-8(2)6-12(3,7-14)15-11(16)9-4-5-10(13)17-9/h4-5,8H,6-7,14H2,1-3H3,(H,15,16). The lowest BCUT2D eigenvalue weighted by Gasteiger charge is -2.30. The molecule has 1 amide bonds. The van der Waals surface area contributed by atoms with E-state index in [4.69, 9.17) is 21.8 Å². The molecule has 96 valence electrons. The van der Waals surface area contributed by atoms with Crippen molar-refractivity contribution in [2.24, 2.45) is 11.7 Å². The molecule has 3 N–H and O–H groups in total. The second kappa shape index (κ2) is 5.56. The first-order valence-corrected chi connectivity index (χ1v) is 6.02. The van der Waals surface area contributed by atoms with Gasteiger partial charge in [-0.05, 0) is 43.0 Å². The summed E-state index contributed by atoms with van der Waals surface area (Å²) in [5, 5.41) is 3.09. The van der Waals surface area contributed by atoms with E-state index in [1.165, 1.54) is 0 Å². The number of halogens is 1. The van der Waals surface area contributed by atoms with Crippen molar-refractivity contribution < 1.29 is 9.21 Å². The molecule has 0 aliphatic heterocycles. The highest BCUT2D eigenvalue weighted by atomic mass is 35.5. The molecule has 0 fully saturated rings. The van der Waals surface area contributed by atoms with E-state index in [0.29, 0.717) is 12.5 Å². The summed E-state index contributed by atoms with van der Waals surface area (Å²) in [5.74, 6) is 0.368. The fraction of sp³-hybridized carbons (Fsp3) is 0.583. The highest BCUT2D eigenvalue weighted by Gasteiger charge is 2.27. The number of nitrogens with one attached hydrogen (secondary N) is 1. The number of amides is 1. The van der Waals surface area contributed by atoms with Crippen LogP contribution in [0.15, 0.2) is 16.5 Å². The third kappa shape index (κ3) is 4.06. The lowest BCUT2D eigenvalue weighted by Crippen LogP contribution is -2.52. The van der Waals surface area contributed by atoms with E-state index in [1.54, 1.807) is 12.1 Å². The molecule has 1 rings (SSSR count). The van der Waals surface area contributed by atoms with Gasteiger partial charge in [0.1, 0.15) is 0 Å². The van der Waals surface area contributed by atoms with Gasteiger partial charge in [-0.15, -0.1) is 0 Å². The maximum Gasteiger partial charge on any atom is 0.287 e. The first-order valence-electron chi connectivity index (χ1n) is 5.64. The van der Waals surface area contributed by atoms with Gasteiger partial charge in [-0.25, -0.2) is 0 Å². The van der Waals surface area contributed by atoms with Gasteiger partial charge in [0.2, 0.25) is 0 Å². The third-order valence-electron chi connectivity index (χ3n) is 2.52. The molecular formula is C12H19ClN2O2. The highest BCUT2D eigenvalue weighted by molar-refractivity contribution is 6.29. The van der Waals surface area contributed by atoms with Crippen LogP contribution in [0.1, 0.15) is 37.7 Å². The van der Waals surface area contributed by atoms with E-state index >= 15 is 0 Å². The Morgan fingerprint density at radius 3 is 2.65 bits per heavy atom. The van der Waals surface area contributed by atoms with E-state index < -0.39 is 5.54 Å². The van der Waals surface area contributed by atoms with Crippen molar-refractivity contribution >= 4 is 17.5 Å². The van der Waals surface area contributed by atoms with E-state index in [2.05, 4.69) is 19.2 Å². The van der Waals surface area contributed by atoms with Crippen molar-refractivity contribution in [3.05, 3.63) is 23.1 Å². The molecule has 1 heterocycles. The summed E-state index contributed by atoms with van der Waals surface area (Å²) in [6.07, 6.45) is 0.809. The average molecular weight is 259 g/mol. The Hall–Kier alpha value is -1.00. The van der Waals surface area contributed by atoms with E-state index in [9.17, 15) is 4.79 Å². The zero-order valence-corrected chi connectivity index (χ0v) is 11.2. The predicted molar refractivity (Wildman–Crippen MR) is 68.1 cm³/mol. The molecule has 1 aromatic heterocycles. The Morgan fingerprint density at radius 2 is 2.24 bits per heavy atom. The minimum Gasteiger partial charge on any atom is -0.440 e. The first-order chi connectivity index (χ1) is 7.86. The fourth-order valence-electron chi connectivity index (χ4n) is 1.86. The van der Waals surface area contributed by atoms with Gasteiger partial charge in [-0.1, -0.05) is 13.8 Å². The largest absolute Gasteiger partial charge is 0.440 e. The van der Waals surface area contributed by atoms with Crippen molar-refractivity contribution in [1.29, 1.82) is 0 Å². The molecule has 1 unspecified atom stereocenters. The van der Waals surface area contributed by atoms with Gasteiger partial charge in [0, 0.05) is 6.54 Å². The van der Waals surface area contributed by atoms with Gasteiger partial charge in [0.15, 0.2) is 11.0 Å². The van der Waals surface area contributed by atoms with Crippen molar-refractivity contribution in [3.8, 4) is 0 Å². The maximum atomic E-state index is 11.9. The number of hydrogen-bond donors (Lipinski definition) is 2. The first kappa shape index (κ1) is 14.1. The summed E-state index contributed by atoms with van der Waals surface area (Å²) in [5.41, 5.74) is 5.29. The van der Waals surface area contributed by atoms with E-state index in [0.717, 1.165) is 6.42 Å². The second-order valence-corrected chi connectivity index (χ2v) is 5.29. The molecule has 0 aromatic carbocycles. The molecule has 0 aliphatic carbocycles. The molecule has 17 heavy (non-hydrogen) atoms. The Balaban J connectivity index is 2.71. The van der Waals surface area contributed by atoms with Crippen LogP contribution in [0.2, 0.25) is 5.22 Å². The van der Waals surface area contributed by atoms with Gasteiger partial charge < -0.3 is 15.5 Å². The van der Waals surface area contributed by atoms with Crippen LogP contribution in [0.25, 0.3) is 0 Å². The van der Waals surface area contributed by atoms with E-state index in [-0.39, 0.29) is 16.9 Å². The van der Waals surface area contributed by atoms with E-state index in [1.807, 2.05) is 6.92 Å². The van der Waals surface area contributed by atoms with Gasteiger partial charge in [-0.3, -0.25) is 4.79 Å². The molecule has 0 aliphatic rings.